The lowest BCUT2D eigenvalue weighted by Gasteiger charge is -2.22. The Kier molecular flexibility index (Phi) is 5.22. The molecule has 0 heterocycles. The van der Waals surface area contributed by atoms with Crippen molar-refractivity contribution in [2.45, 2.75) is 40.2 Å². The monoisotopic (exact) mass is 155 g/mol. The molecular formula is C10H21N. The second-order valence-electron chi connectivity index (χ2n) is 3.32. The summed E-state index contributed by atoms with van der Waals surface area (Å²) in [7, 11) is 0. The number of allylic oxidation sites excluding steroid dienone is 2. The molecule has 0 aromatic carbocycles. The fourth-order valence-electron chi connectivity index (χ4n) is 1.24. The first-order valence-corrected chi connectivity index (χ1v) is 4.51. The molecule has 0 radical (unpaired) electrons. The smallest absolute Gasteiger partial charge is 0.00674 e. The maximum absolute atomic E-state index is 5.91. The Bertz CT molecular complexity index is 118. The fraction of sp³-hybridized carbons (Fsp3) is 0.800. The molecule has 0 fully saturated rings. The summed E-state index contributed by atoms with van der Waals surface area (Å²) >= 11 is 0. The third-order valence-corrected chi connectivity index (χ3v) is 2.47. The SMILES string of the molecule is C/C=C\C(C)C(C)C(N)CC. The van der Waals surface area contributed by atoms with Crippen molar-refractivity contribution in [3.8, 4) is 0 Å². The molecule has 0 aliphatic heterocycles. The lowest BCUT2D eigenvalue weighted by atomic mass is 9.88. The Labute approximate surface area is 70.7 Å². The van der Waals surface area contributed by atoms with E-state index in [-0.39, 0.29) is 0 Å². The molecule has 3 atom stereocenters. The molecule has 0 amide bonds. The molecule has 0 aliphatic rings. The van der Waals surface area contributed by atoms with E-state index in [1.54, 1.807) is 0 Å². The van der Waals surface area contributed by atoms with E-state index >= 15 is 0 Å². The molecule has 1 heteroatoms. The highest BCUT2D eigenvalue weighted by atomic mass is 14.6. The minimum atomic E-state index is 0.348. The minimum absolute atomic E-state index is 0.348. The van der Waals surface area contributed by atoms with E-state index in [1.807, 2.05) is 0 Å². The first kappa shape index (κ1) is 10.7. The highest BCUT2D eigenvalue weighted by molar-refractivity contribution is 4.88. The van der Waals surface area contributed by atoms with Gasteiger partial charge in [0.1, 0.15) is 0 Å². The molecule has 2 N–H and O–H groups in total. The van der Waals surface area contributed by atoms with E-state index in [0.717, 1.165) is 6.42 Å². The quantitative estimate of drug-likeness (QED) is 0.620. The highest BCUT2D eigenvalue weighted by Crippen LogP contribution is 2.16. The van der Waals surface area contributed by atoms with Gasteiger partial charge in [0.05, 0.1) is 0 Å². The summed E-state index contributed by atoms with van der Waals surface area (Å²) in [5.41, 5.74) is 5.91. The van der Waals surface area contributed by atoms with Crippen LogP contribution in [-0.4, -0.2) is 6.04 Å². The van der Waals surface area contributed by atoms with Crippen LogP contribution in [0.4, 0.5) is 0 Å². The van der Waals surface area contributed by atoms with E-state index in [2.05, 4.69) is 39.8 Å². The summed E-state index contributed by atoms with van der Waals surface area (Å²) in [6.45, 7) is 8.64. The zero-order chi connectivity index (χ0) is 8.85. The number of nitrogens with two attached hydrogens (primary N) is 1. The third kappa shape index (κ3) is 3.57. The van der Waals surface area contributed by atoms with Crippen LogP contribution in [0.5, 0.6) is 0 Å². The van der Waals surface area contributed by atoms with Crippen molar-refractivity contribution in [2.75, 3.05) is 0 Å². The van der Waals surface area contributed by atoms with Crippen LogP contribution in [0.2, 0.25) is 0 Å². The Balaban J connectivity index is 3.90. The van der Waals surface area contributed by atoms with Gasteiger partial charge in [-0.3, -0.25) is 0 Å². The molecular weight excluding hydrogens is 134 g/mol. The summed E-state index contributed by atoms with van der Waals surface area (Å²) in [6, 6.07) is 0.348. The van der Waals surface area contributed by atoms with Crippen LogP contribution in [0, 0.1) is 11.8 Å². The van der Waals surface area contributed by atoms with Crippen LogP contribution in [0.15, 0.2) is 12.2 Å². The molecule has 0 saturated heterocycles. The van der Waals surface area contributed by atoms with Crippen molar-refractivity contribution in [2.24, 2.45) is 17.6 Å². The van der Waals surface area contributed by atoms with Crippen LogP contribution in [0.3, 0.4) is 0 Å². The Morgan fingerprint density at radius 1 is 1.36 bits per heavy atom. The largest absolute Gasteiger partial charge is 0.327 e. The van der Waals surface area contributed by atoms with Crippen LogP contribution in [-0.2, 0) is 0 Å². The van der Waals surface area contributed by atoms with Gasteiger partial charge in [-0.1, -0.05) is 32.9 Å². The summed E-state index contributed by atoms with van der Waals surface area (Å²) < 4.78 is 0. The molecule has 0 bridgehead atoms. The summed E-state index contributed by atoms with van der Waals surface area (Å²) in [5, 5.41) is 0. The third-order valence-electron chi connectivity index (χ3n) is 2.47. The van der Waals surface area contributed by atoms with E-state index in [9.17, 15) is 0 Å². The predicted molar refractivity (Wildman–Crippen MR) is 51.4 cm³/mol. The summed E-state index contributed by atoms with van der Waals surface area (Å²) in [4.78, 5) is 0. The fourth-order valence-corrected chi connectivity index (χ4v) is 1.24. The number of hydrogen-bond acceptors (Lipinski definition) is 1. The van der Waals surface area contributed by atoms with Crippen molar-refractivity contribution in [1.82, 2.24) is 0 Å². The van der Waals surface area contributed by atoms with Crippen LogP contribution >= 0.6 is 0 Å². The maximum Gasteiger partial charge on any atom is 0.00674 e. The topological polar surface area (TPSA) is 26.0 Å². The molecule has 0 aromatic heterocycles. The molecule has 0 aromatic rings. The van der Waals surface area contributed by atoms with E-state index in [1.165, 1.54) is 0 Å². The van der Waals surface area contributed by atoms with Crippen LogP contribution in [0.25, 0.3) is 0 Å². The zero-order valence-electron chi connectivity index (χ0n) is 8.17. The van der Waals surface area contributed by atoms with E-state index in [0.29, 0.717) is 17.9 Å². The minimum Gasteiger partial charge on any atom is -0.327 e. The molecule has 0 aliphatic carbocycles. The molecule has 0 saturated carbocycles. The standard InChI is InChI=1S/C10H21N/c1-5-7-8(3)9(4)10(11)6-2/h5,7-10H,6,11H2,1-4H3/b7-5-. The van der Waals surface area contributed by atoms with Gasteiger partial charge in [0, 0.05) is 6.04 Å². The molecule has 0 rings (SSSR count). The van der Waals surface area contributed by atoms with Gasteiger partial charge in [-0.25, -0.2) is 0 Å². The van der Waals surface area contributed by atoms with Gasteiger partial charge in [-0.2, -0.15) is 0 Å². The average molecular weight is 155 g/mol. The van der Waals surface area contributed by atoms with E-state index < -0.39 is 0 Å². The van der Waals surface area contributed by atoms with Crippen molar-refractivity contribution in [3.63, 3.8) is 0 Å². The van der Waals surface area contributed by atoms with Gasteiger partial charge in [0.25, 0.3) is 0 Å². The number of hydrogen-bond donors (Lipinski definition) is 1. The van der Waals surface area contributed by atoms with Gasteiger partial charge >= 0.3 is 0 Å². The lowest BCUT2D eigenvalue weighted by molar-refractivity contribution is 0.367. The van der Waals surface area contributed by atoms with Crippen molar-refractivity contribution in [1.29, 1.82) is 0 Å². The number of rotatable bonds is 4. The molecule has 1 nitrogen and oxygen atoms in total. The highest BCUT2D eigenvalue weighted by Gasteiger charge is 2.15. The normalized spacial score (nSPS) is 20.1. The van der Waals surface area contributed by atoms with Crippen LogP contribution in [0.1, 0.15) is 34.1 Å². The van der Waals surface area contributed by atoms with Crippen molar-refractivity contribution >= 4 is 0 Å². The van der Waals surface area contributed by atoms with Crippen molar-refractivity contribution < 1.29 is 0 Å². The second-order valence-corrected chi connectivity index (χ2v) is 3.32. The van der Waals surface area contributed by atoms with Crippen molar-refractivity contribution in [3.05, 3.63) is 12.2 Å². The van der Waals surface area contributed by atoms with Gasteiger partial charge in [-0.15, -0.1) is 0 Å². The second kappa shape index (κ2) is 5.36. The summed E-state index contributed by atoms with van der Waals surface area (Å²) in [5.74, 6) is 1.20. The van der Waals surface area contributed by atoms with Gasteiger partial charge < -0.3 is 5.73 Å². The Hall–Kier alpha value is -0.300. The molecule has 11 heavy (non-hydrogen) atoms. The lowest BCUT2D eigenvalue weighted by Crippen LogP contribution is -2.30. The Morgan fingerprint density at radius 3 is 2.27 bits per heavy atom. The molecule has 0 spiro atoms. The van der Waals surface area contributed by atoms with Crippen LogP contribution < -0.4 is 5.73 Å². The predicted octanol–water partition coefficient (Wildman–Crippen LogP) is 2.57. The first-order chi connectivity index (χ1) is 5.13. The van der Waals surface area contributed by atoms with E-state index in [4.69, 9.17) is 5.73 Å². The Morgan fingerprint density at radius 2 is 1.91 bits per heavy atom. The first-order valence-electron chi connectivity index (χ1n) is 4.51. The maximum atomic E-state index is 5.91. The average Bonchev–Trinajstić information content (AvgIpc) is 2.02. The molecule has 3 unspecified atom stereocenters. The van der Waals surface area contributed by atoms with Gasteiger partial charge in [0.15, 0.2) is 0 Å². The van der Waals surface area contributed by atoms with Gasteiger partial charge in [-0.05, 0) is 25.2 Å². The summed E-state index contributed by atoms with van der Waals surface area (Å²) in [6.07, 6.45) is 5.40. The molecule has 66 valence electrons. The van der Waals surface area contributed by atoms with Gasteiger partial charge in [0.2, 0.25) is 0 Å². The zero-order valence-corrected chi connectivity index (χ0v) is 8.17.